The SMILES string of the molecule is CCCCc1nc2ccc(C)cc2c(=O)n1CC1=CC2=CCN(C(=O)c3cc(Cl)c(Cl)cc3C(=O)O)C2C=C1. The van der Waals surface area contributed by atoms with E-state index in [4.69, 9.17) is 28.2 Å². The molecule has 1 unspecified atom stereocenters. The lowest BCUT2D eigenvalue weighted by atomic mass is 9.97. The normalized spacial score (nSPS) is 16.3. The van der Waals surface area contributed by atoms with Crippen molar-refractivity contribution in [3.05, 3.63) is 109 Å². The zero-order valence-electron chi connectivity index (χ0n) is 21.6. The molecule has 39 heavy (non-hydrogen) atoms. The molecule has 0 fully saturated rings. The maximum absolute atomic E-state index is 13.5. The van der Waals surface area contributed by atoms with Crippen molar-refractivity contribution in [3.8, 4) is 0 Å². The molecule has 2 aromatic carbocycles. The molecule has 0 bridgehead atoms. The Balaban J connectivity index is 1.43. The number of nitrogens with zero attached hydrogens (tertiary/aromatic N) is 3. The van der Waals surface area contributed by atoms with E-state index in [9.17, 15) is 19.5 Å². The summed E-state index contributed by atoms with van der Waals surface area (Å²) in [6, 6.07) is 7.89. The van der Waals surface area contributed by atoms with Crippen LogP contribution in [0.3, 0.4) is 0 Å². The van der Waals surface area contributed by atoms with Crippen LogP contribution in [0.4, 0.5) is 0 Å². The number of carbonyl (C=O) groups is 2. The number of halogens is 2. The summed E-state index contributed by atoms with van der Waals surface area (Å²) in [7, 11) is 0. The van der Waals surface area contributed by atoms with Crippen molar-refractivity contribution in [2.24, 2.45) is 0 Å². The van der Waals surface area contributed by atoms with Crippen molar-refractivity contribution in [2.45, 2.75) is 45.7 Å². The summed E-state index contributed by atoms with van der Waals surface area (Å²) in [5.74, 6) is -0.947. The Morgan fingerprint density at radius 3 is 2.59 bits per heavy atom. The van der Waals surface area contributed by atoms with Crippen LogP contribution in [-0.2, 0) is 13.0 Å². The summed E-state index contributed by atoms with van der Waals surface area (Å²) in [5, 5.41) is 10.4. The number of benzene rings is 2. The van der Waals surface area contributed by atoms with Crippen LogP contribution in [0.1, 0.15) is 51.9 Å². The van der Waals surface area contributed by atoms with E-state index in [1.54, 1.807) is 9.47 Å². The van der Waals surface area contributed by atoms with Gasteiger partial charge in [0.2, 0.25) is 0 Å². The van der Waals surface area contributed by atoms with Crippen molar-refractivity contribution in [3.63, 3.8) is 0 Å². The molecule has 1 aliphatic heterocycles. The first-order valence-electron chi connectivity index (χ1n) is 12.8. The Hall–Kier alpha value is -3.68. The van der Waals surface area contributed by atoms with Gasteiger partial charge in [0, 0.05) is 13.0 Å². The van der Waals surface area contributed by atoms with E-state index in [0.29, 0.717) is 30.4 Å². The van der Waals surface area contributed by atoms with Gasteiger partial charge in [0.05, 0.1) is 44.7 Å². The highest BCUT2D eigenvalue weighted by molar-refractivity contribution is 6.42. The Bertz CT molecular complexity index is 1670. The summed E-state index contributed by atoms with van der Waals surface area (Å²) >= 11 is 12.1. The van der Waals surface area contributed by atoms with Gasteiger partial charge in [-0.25, -0.2) is 9.78 Å². The van der Waals surface area contributed by atoms with Crippen molar-refractivity contribution in [1.29, 1.82) is 0 Å². The standard InChI is InChI=1S/C30H27Cl2N3O4/c1-3-4-5-27-33-25-8-6-17(2)12-22(25)29(37)35(27)16-18-7-9-26-19(13-18)10-11-34(26)28(36)20-14-23(31)24(32)15-21(20)30(38)39/h6-10,12-15,26H,3-5,11,16H2,1-2H3,(H,38,39). The second-order valence-electron chi connectivity index (χ2n) is 9.85. The van der Waals surface area contributed by atoms with Gasteiger partial charge >= 0.3 is 5.97 Å². The predicted octanol–water partition coefficient (Wildman–Crippen LogP) is 6.00. The molecule has 5 rings (SSSR count). The molecular weight excluding hydrogens is 537 g/mol. The minimum atomic E-state index is -1.26. The maximum atomic E-state index is 13.5. The van der Waals surface area contributed by atoms with E-state index in [0.717, 1.165) is 35.4 Å². The van der Waals surface area contributed by atoms with E-state index in [1.807, 2.05) is 49.4 Å². The van der Waals surface area contributed by atoms with Crippen LogP contribution in [0.25, 0.3) is 10.9 Å². The number of hydrogen-bond donors (Lipinski definition) is 1. The van der Waals surface area contributed by atoms with E-state index >= 15 is 0 Å². The average Bonchev–Trinajstić information content (AvgIpc) is 3.33. The first kappa shape index (κ1) is 26.9. The number of aryl methyl sites for hydroxylation is 2. The summed E-state index contributed by atoms with van der Waals surface area (Å²) in [6.07, 6.45) is 10.4. The zero-order chi connectivity index (χ0) is 27.8. The minimum absolute atomic E-state index is 0.0145. The van der Waals surface area contributed by atoms with Crippen LogP contribution in [-0.4, -0.2) is 44.0 Å². The molecule has 200 valence electrons. The van der Waals surface area contributed by atoms with Crippen LogP contribution in [0, 0.1) is 6.92 Å². The van der Waals surface area contributed by atoms with Gasteiger partial charge in [0.15, 0.2) is 0 Å². The molecule has 2 heterocycles. The molecule has 1 amide bonds. The summed E-state index contributed by atoms with van der Waals surface area (Å²) in [5.41, 5.74) is 3.26. The van der Waals surface area contributed by atoms with Gasteiger partial charge in [0.25, 0.3) is 11.5 Å². The molecule has 7 nitrogen and oxygen atoms in total. The highest BCUT2D eigenvalue weighted by Crippen LogP contribution is 2.32. The third-order valence-corrected chi connectivity index (χ3v) is 7.83. The van der Waals surface area contributed by atoms with E-state index in [2.05, 4.69) is 6.92 Å². The predicted molar refractivity (Wildman–Crippen MR) is 153 cm³/mol. The molecule has 0 saturated carbocycles. The second-order valence-corrected chi connectivity index (χ2v) is 10.7. The van der Waals surface area contributed by atoms with Crippen LogP contribution in [0.2, 0.25) is 10.0 Å². The summed E-state index contributed by atoms with van der Waals surface area (Å²) in [4.78, 5) is 45.2. The van der Waals surface area contributed by atoms with Gasteiger partial charge in [0.1, 0.15) is 5.82 Å². The summed E-state index contributed by atoms with van der Waals surface area (Å²) in [6.45, 7) is 4.73. The topological polar surface area (TPSA) is 92.5 Å². The largest absolute Gasteiger partial charge is 0.478 e. The number of aromatic carboxylic acids is 1. The van der Waals surface area contributed by atoms with Gasteiger partial charge in [-0.1, -0.05) is 72.5 Å². The fraction of sp³-hybridized carbons (Fsp3) is 0.267. The number of carbonyl (C=O) groups excluding carboxylic acids is 1. The lowest BCUT2D eigenvalue weighted by molar-refractivity contribution is 0.0677. The summed E-state index contributed by atoms with van der Waals surface area (Å²) < 4.78 is 1.75. The molecule has 0 spiro atoms. The van der Waals surface area contributed by atoms with Gasteiger partial charge < -0.3 is 10.0 Å². The monoisotopic (exact) mass is 563 g/mol. The van der Waals surface area contributed by atoms with E-state index in [-0.39, 0.29) is 32.8 Å². The van der Waals surface area contributed by atoms with Crippen LogP contribution in [0.15, 0.2) is 70.6 Å². The molecule has 3 aromatic rings. The van der Waals surface area contributed by atoms with Crippen molar-refractivity contribution in [2.75, 3.05) is 6.54 Å². The molecule has 1 aromatic heterocycles. The number of rotatable bonds is 7. The van der Waals surface area contributed by atoms with Crippen molar-refractivity contribution < 1.29 is 14.7 Å². The van der Waals surface area contributed by atoms with Crippen LogP contribution < -0.4 is 5.56 Å². The Morgan fingerprint density at radius 2 is 1.87 bits per heavy atom. The van der Waals surface area contributed by atoms with Gasteiger partial charge in [-0.2, -0.15) is 0 Å². The fourth-order valence-corrected chi connectivity index (χ4v) is 5.40. The third-order valence-electron chi connectivity index (χ3n) is 7.11. The number of unbranched alkanes of at least 4 members (excludes halogenated alkanes) is 1. The van der Waals surface area contributed by atoms with Gasteiger partial charge in [-0.15, -0.1) is 0 Å². The number of allylic oxidation sites excluding steroid dienone is 2. The molecular formula is C30H27Cl2N3O4. The maximum Gasteiger partial charge on any atom is 0.336 e. The first-order chi connectivity index (χ1) is 18.7. The van der Waals surface area contributed by atoms with E-state index in [1.165, 1.54) is 12.1 Å². The van der Waals surface area contributed by atoms with Crippen molar-refractivity contribution in [1.82, 2.24) is 14.5 Å². The lowest BCUT2D eigenvalue weighted by Gasteiger charge is -2.27. The molecule has 1 N–H and O–H groups in total. The number of hydrogen-bond acceptors (Lipinski definition) is 4. The number of fused-ring (bicyclic) bond motifs is 2. The molecule has 0 saturated heterocycles. The van der Waals surface area contributed by atoms with E-state index < -0.39 is 11.9 Å². The number of amides is 1. The number of carboxylic acid groups (broad SMARTS) is 1. The minimum Gasteiger partial charge on any atom is -0.478 e. The zero-order valence-corrected chi connectivity index (χ0v) is 23.1. The molecule has 1 aliphatic carbocycles. The Morgan fingerprint density at radius 1 is 1.13 bits per heavy atom. The molecule has 0 radical (unpaired) electrons. The Labute approximate surface area is 235 Å². The second kappa shape index (κ2) is 10.8. The third kappa shape index (κ3) is 5.16. The number of aromatic nitrogens is 2. The first-order valence-corrected chi connectivity index (χ1v) is 13.6. The smallest absolute Gasteiger partial charge is 0.336 e. The highest BCUT2D eigenvalue weighted by atomic mass is 35.5. The fourth-order valence-electron chi connectivity index (χ4n) is 5.07. The quantitative estimate of drug-likeness (QED) is 0.380. The van der Waals surface area contributed by atoms with Crippen molar-refractivity contribution >= 4 is 46.0 Å². The van der Waals surface area contributed by atoms with Gasteiger partial charge in [-0.05, 0) is 48.8 Å². The average molecular weight is 564 g/mol. The van der Waals surface area contributed by atoms with Gasteiger partial charge in [-0.3, -0.25) is 14.2 Å². The molecule has 2 aliphatic rings. The lowest BCUT2D eigenvalue weighted by Crippen LogP contribution is -2.37. The highest BCUT2D eigenvalue weighted by Gasteiger charge is 2.33. The van der Waals surface area contributed by atoms with Crippen LogP contribution in [0.5, 0.6) is 0 Å². The van der Waals surface area contributed by atoms with Crippen LogP contribution >= 0.6 is 23.2 Å². The number of carboxylic acids is 1. The Kier molecular flexibility index (Phi) is 7.47. The molecule has 9 heteroatoms. The molecule has 1 atom stereocenters.